The van der Waals surface area contributed by atoms with Gasteiger partial charge in [0, 0.05) is 12.8 Å². The van der Waals surface area contributed by atoms with Crippen LogP contribution in [0.15, 0.2) is 5.16 Å². The Morgan fingerprint density at radius 3 is 2.54 bits per heavy atom. The fourth-order valence-electron chi connectivity index (χ4n) is 1.17. The first-order valence-corrected chi connectivity index (χ1v) is 8.14. The van der Waals surface area contributed by atoms with E-state index in [1.165, 1.54) is 0 Å². The molecule has 0 saturated heterocycles. The van der Waals surface area contributed by atoms with Crippen molar-refractivity contribution in [2.75, 3.05) is 0 Å². The maximum Gasteiger partial charge on any atom is 0.278 e. The van der Waals surface area contributed by atoms with Crippen LogP contribution in [0.2, 0.25) is 19.6 Å². The molecule has 0 atom stereocenters. The van der Waals surface area contributed by atoms with Crippen molar-refractivity contribution in [3.05, 3.63) is 0 Å². The van der Waals surface area contributed by atoms with Crippen molar-refractivity contribution in [2.24, 2.45) is 5.16 Å². The summed E-state index contributed by atoms with van der Waals surface area (Å²) in [6.07, 6.45) is 3.08. The Morgan fingerprint density at radius 1 is 1.31 bits per heavy atom. The van der Waals surface area contributed by atoms with Crippen LogP contribution in [0, 0.1) is 0 Å². The van der Waals surface area contributed by atoms with Gasteiger partial charge in [-0.3, -0.25) is 4.79 Å². The molecule has 0 heterocycles. The molecule has 13 heavy (non-hydrogen) atoms. The summed E-state index contributed by atoms with van der Waals surface area (Å²) in [5, 5.41) is 4.06. The van der Waals surface area contributed by atoms with E-state index in [4.69, 9.17) is 4.53 Å². The first-order valence-electron chi connectivity index (χ1n) is 4.73. The van der Waals surface area contributed by atoms with Gasteiger partial charge in [0.25, 0.3) is 8.32 Å². The van der Waals surface area contributed by atoms with E-state index in [9.17, 15) is 4.79 Å². The minimum atomic E-state index is -1.56. The van der Waals surface area contributed by atoms with Crippen LogP contribution in [-0.2, 0) is 9.32 Å². The van der Waals surface area contributed by atoms with Gasteiger partial charge in [-0.1, -0.05) is 0 Å². The molecule has 0 aliphatic heterocycles. The standard InChI is InChI=1S/C9H17NO2Si/c1-13(2,3)12-10-8-5-4-6-9(11)7-8/h4-7H2,1-3H3/b10-8-. The lowest BCUT2D eigenvalue weighted by atomic mass is 9.98. The first kappa shape index (κ1) is 10.4. The fraction of sp³-hybridized carbons (Fsp3) is 0.778. The molecule has 0 aromatic carbocycles. The van der Waals surface area contributed by atoms with E-state index in [0.717, 1.165) is 18.6 Å². The van der Waals surface area contributed by atoms with E-state index in [-0.39, 0.29) is 0 Å². The topological polar surface area (TPSA) is 38.7 Å². The zero-order chi connectivity index (χ0) is 9.90. The molecule has 0 bridgehead atoms. The van der Waals surface area contributed by atoms with Crippen molar-refractivity contribution in [1.82, 2.24) is 0 Å². The Balaban J connectivity index is 2.46. The predicted octanol–water partition coefficient (Wildman–Crippen LogP) is 2.34. The van der Waals surface area contributed by atoms with Gasteiger partial charge in [-0.2, -0.15) is 0 Å². The smallest absolute Gasteiger partial charge is 0.278 e. The number of hydrogen-bond acceptors (Lipinski definition) is 3. The number of nitrogens with zero attached hydrogens (tertiary/aromatic N) is 1. The van der Waals surface area contributed by atoms with Crippen LogP contribution in [0.4, 0.5) is 0 Å². The van der Waals surface area contributed by atoms with Crippen molar-refractivity contribution in [3.8, 4) is 0 Å². The molecule has 0 radical (unpaired) electrons. The molecular formula is C9H17NO2Si. The lowest BCUT2D eigenvalue weighted by Gasteiger charge is -2.16. The summed E-state index contributed by atoms with van der Waals surface area (Å²) in [7, 11) is -1.56. The van der Waals surface area contributed by atoms with Gasteiger partial charge in [-0.15, -0.1) is 5.16 Å². The Kier molecular flexibility index (Phi) is 3.25. The van der Waals surface area contributed by atoms with E-state index in [2.05, 4.69) is 24.8 Å². The first-order chi connectivity index (χ1) is 5.97. The highest BCUT2D eigenvalue weighted by Crippen LogP contribution is 2.13. The fourth-order valence-corrected chi connectivity index (χ4v) is 1.58. The van der Waals surface area contributed by atoms with Crippen molar-refractivity contribution >= 4 is 19.8 Å². The van der Waals surface area contributed by atoms with Crippen molar-refractivity contribution in [2.45, 2.75) is 45.3 Å². The second kappa shape index (κ2) is 4.04. The van der Waals surface area contributed by atoms with Crippen LogP contribution < -0.4 is 0 Å². The van der Waals surface area contributed by atoms with Crippen molar-refractivity contribution < 1.29 is 9.32 Å². The molecular weight excluding hydrogens is 182 g/mol. The largest absolute Gasteiger partial charge is 0.456 e. The molecule has 4 heteroatoms. The number of rotatable bonds is 2. The van der Waals surface area contributed by atoms with E-state index < -0.39 is 8.32 Å². The maximum atomic E-state index is 11.1. The second-order valence-corrected chi connectivity index (χ2v) is 8.84. The van der Waals surface area contributed by atoms with Crippen LogP contribution in [-0.4, -0.2) is 19.8 Å². The summed E-state index contributed by atoms with van der Waals surface area (Å²) in [6.45, 7) is 6.26. The third kappa shape index (κ3) is 4.22. The molecule has 0 N–H and O–H groups in total. The van der Waals surface area contributed by atoms with Gasteiger partial charge in [0.2, 0.25) is 0 Å². The van der Waals surface area contributed by atoms with Gasteiger partial charge >= 0.3 is 0 Å². The lowest BCUT2D eigenvalue weighted by Crippen LogP contribution is -2.24. The molecule has 1 saturated carbocycles. The highest BCUT2D eigenvalue weighted by atomic mass is 28.4. The van der Waals surface area contributed by atoms with Gasteiger partial charge in [0.05, 0.1) is 5.71 Å². The van der Waals surface area contributed by atoms with E-state index in [1.54, 1.807) is 0 Å². The number of oxime groups is 1. The maximum absolute atomic E-state index is 11.1. The number of Topliss-reactive ketones (excluding diaryl/α,β-unsaturated/α-hetero) is 1. The average Bonchev–Trinajstić information content (AvgIpc) is 2.00. The highest BCUT2D eigenvalue weighted by Gasteiger charge is 2.19. The van der Waals surface area contributed by atoms with Crippen LogP contribution in [0.25, 0.3) is 0 Å². The lowest BCUT2D eigenvalue weighted by molar-refractivity contribution is -0.118. The van der Waals surface area contributed by atoms with Crippen LogP contribution in [0.3, 0.4) is 0 Å². The Hall–Kier alpha value is -0.643. The van der Waals surface area contributed by atoms with Crippen molar-refractivity contribution in [3.63, 3.8) is 0 Å². The number of hydrogen-bond donors (Lipinski definition) is 0. The Labute approximate surface area is 80.3 Å². The van der Waals surface area contributed by atoms with Crippen LogP contribution >= 0.6 is 0 Å². The molecule has 1 aliphatic carbocycles. The Bertz CT molecular complexity index is 230. The molecule has 3 nitrogen and oxygen atoms in total. The third-order valence-electron chi connectivity index (χ3n) is 1.77. The molecule has 0 amide bonds. The Morgan fingerprint density at radius 2 is 2.00 bits per heavy atom. The van der Waals surface area contributed by atoms with Gasteiger partial charge < -0.3 is 4.53 Å². The quantitative estimate of drug-likeness (QED) is 0.506. The average molecular weight is 199 g/mol. The summed E-state index contributed by atoms with van der Waals surface area (Å²) in [5.41, 5.74) is 0.929. The van der Waals surface area contributed by atoms with E-state index >= 15 is 0 Å². The predicted molar refractivity (Wildman–Crippen MR) is 55.3 cm³/mol. The summed E-state index contributed by atoms with van der Waals surface area (Å²) < 4.78 is 5.39. The molecule has 1 aliphatic rings. The molecule has 1 rings (SSSR count). The van der Waals surface area contributed by atoms with Crippen LogP contribution in [0.1, 0.15) is 25.7 Å². The molecule has 1 fully saturated rings. The zero-order valence-corrected chi connectivity index (χ0v) is 9.59. The third-order valence-corrected chi connectivity index (χ3v) is 2.41. The molecule has 74 valence electrons. The van der Waals surface area contributed by atoms with Gasteiger partial charge in [-0.05, 0) is 32.5 Å². The van der Waals surface area contributed by atoms with Gasteiger partial charge in [0.1, 0.15) is 5.78 Å². The SMILES string of the molecule is C[Si](C)(C)O/N=C1/CCCC(=O)C1. The number of ketones is 1. The van der Waals surface area contributed by atoms with E-state index in [1.807, 2.05) is 0 Å². The highest BCUT2D eigenvalue weighted by molar-refractivity contribution is 6.69. The normalized spacial score (nSPS) is 22.1. The molecule has 0 unspecified atom stereocenters. The number of carbonyl (C=O) groups excluding carboxylic acids is 1. The minimum Gasteiger partial charge on any atom is -0.456 e. The molecule has 0 spiro atoms. The summed E-state index contributed by atoms with van der Waals surface area (Å²) in [4.78, 5) is 11.1. The summed E-state index contributed by atoms with van der Waals surface area (Å²) >= 11 is 0. The zero-order valence-electron chi connectivity index (χ0n) is 8.59. The summed E-state index contributed by atoms with van der Waals surface area (Å²) in [6, 6.07) is 0. The summed E-state index contributed by atoms with van der Waals surface area (Å²) in [5.74, 6) is 0.296. The molecule has 0 aromatic rings. The van der Waals surface area contributed by atoms with Gasteiger partial charge in [0.15, 0.2) is 0 Å². The van der Waals surface area contributed by atoms with Crippen molar-refractivity contribution in [1.29, 1.82) is 0 Å². The van der Waals surface area contributed by atoms with E-state index in [0.29, 0.717) is 18.6 Å². The van der Waals surface area contributed by atoms with Gasteiger partial charge in [-0.25, -0.2) is 0 Å². The minimum absolute atomic E-state index is 0.296. The molecule has 0 aromatic heterocycles. The number of carbonyl (C=O) groups is 1. The monoisotopic (exact) mass is 199 g/mol. The second-order valence-electron chi connectivity index (χ2n) is 4.43. The van der Waals surface area contributed by atoms with Crippen LogP contribution in [0.5, 0.6) is 0 Å².